The maximum atomic E-state index is 14.3. The van der Waals surface area contributed by atoms with Gasteiger partial charge in [0.1, 0.15) is 17.2 Å². The van der Waals surface area contributed by atoms with Crippen LogP contribution in [0.3, 0.4) is 0 Å². The second-order valence-electron chi connectivity index (χ2n) is 9.93. The monoisotopic (exact) mass is 518 g/mol. The summed E-state index contributed by atoms with van der Waals surface area (Å²) in [6.07, 6.45) is -0.148. The molecule has 0 aliphatic heterocycles. The van der Waals surface area contributed by atoms with Crippen LogP contribution in [0.25, 0.3) is 0 Å². The average molecular weight is 519 g/mol. The van der Waals surface area contributed by atoms with Crippen molar-refractivity contribution in [2.75, 3.05) is 0 Å². The van der Waals surface area contributed by atoms with E-state index in [1.807, 2.05) is 0 Å². The molecular weight excluding hydrogens is 494 g/mol. The number of ketones is 1. The quantitative estimate of drug-likeness (QED) is 0.300. The number of hydrogen-bond donors (Lipinski definition) is 1. The Bertz CT molecular complexity index is 1550. The van der Waals surface area contributed by atoms with E-state index in [4.69, 9.17) is 0 Å². The van der Waals surface area contributed by atoms with E-state index in [1.165, 1.54) is 48.5 Å². The Hall–Kier alpha value is -4.65. The summed E-state index contributed by atoms with van der Waals surface area (Å²) in [5.74, 6) is -4.79. The van der Waals surface area contributed by atoms with Crippen LogP contribution in [0, 0.1) is 45.6 Å². The van der Waals surface area contributed by atoms with Gasteiger partial charge in [-0.25, -0.2) is 8.78 Å². The molecule has 0 spiro atoms. The van der Waals surface area contributed by atoms with Crippen molar-refractivity contribution in [1.29, 1.82) is 10.5 Å². The number of aliphatic hydroxyl groups is 1. The first kappa shape index (κ1) is 26.0. The van der Waals surface area contributed by atoms with Gasteiger partial charge in [0.05, 0.1) is 18.1 Å². The first-order chi connectivity index (χ1) is 18.8. The van der Waals surface area contributed by atoms with Gasteiger partial charge in [-0.05, 0) is 47.4 Å². The Kier molecular flexibility index (Phi) is 6.83. The lowest BCUT2D eigenvalue weighted by molar-refractivity contribution is -0.0783. The molecule has 1 aliphatic carbocycles. The number of Topliss-reactive ketones (excluding diaryl/α,β-unsaturated/α-hetero) is 1. The van der Waals surface area contributed by atoms with E-state index in [-0.39, 0.29) is 6.42 Å². The van der Waals surface area contributed by atoms with Crippen LogP contribution in [-0.2, 0) is 5.60 Å². The summed E-state index contributed by atoms with van der Waals surface area (Å²) in [5, 5.41) is 34.1. The third-order valence-electron chi connectivity index (χ3n) is 7.89. The van der Waals surface area contributed by atoms with Crippen molar-refractivity contribution in [1.82, 2.24) is 0 Å². The number of benzene rings is 4. The molecule has 1 N–H and O–H groups in total. The molecule has 1 fully saturated rings. The van der Waals surface area contributed by atoms with Crippen LogP contribution in [0.1, 0.15) is 45.3 Å². The van der Waals surface area contributed by atoms with E-state index in [0.29, 0.717) is 22.3 Å². The van der Waals surface area contributed by atoms with Gasteiger partial charge in [-0.15, -0.1) is 0 Å². The summed E-state index contributed by atoms with van der Waals surface area (Å²) in [6.45, 7) is 0. The number of nitriles is 2. The maximum Gasteiger partial charge on any atom is 0.169 e. The summed E-state index contributed by atoms with van der Waals surface area (Å²) in [4.78, 5) is 14.3. The highest BCUT2D eigenvalue weighted by Crippen LogP contribution is 2.63. The van der Waals surface area contributed by atoms with Crippen LogP contribution in [0.4, 0.5) is 8.78 Å². The largest absolute Gasteiger partial charge is 0.384 e. The minimum Gasteiger partial charge on any atom is -0.384 e. The van der Waals surface area contributed by atoms with Gasteiger partial charge in [-0.1, -0.05) is 84.9 Å². The zero-order valence-corrected chi connectivity index (χ0v) is 20.8. The Labute approximate surface area is 225 Å². The first-order valence-corrected chi connectivity index (χ1v) is 12.5. The van der Waals surface area contributed by atoms with Crippen LogP contribution < -0.4 is 0 Å². The molecular formula is C33H24F2N2O2. The number of carbonyl (C=O) groups is 1. The normalized spacial score (nSPS) is 23.8. The van der Waals surface area contributed by atoms with Crippen molar-refractivity contribution in [2.45, 2.75) is 23.9 Å². The second-order valence-corrected chi connectivity index (χ2v) is 9.93. The molecule has 0 heterocycles. The van der Waals surface area contributed by atoms with Gasteiger partial charge in [0.25, 0.3) is 0 Å². The molecule has 0 radical (unpaired) electrons. The molecule has 4 aromatic rings. The molecule has 4 aromatic carbocycles. The van der Waals surface area contributed by atoms with E-state index in [2.05, 4.69) is 12.1 Å². The second kappa shape index (κ2) is 10.3. The maximum absolute atomic E-state index is 14.3. The molecule has 0 saturated heterocycles. The number of hydrogen-bond acceptors (Lipinski definition) is 4. The molecule has 4 nitrogen and oxygen atoms in total. The van der Waals surface area contributed by atoms with Crippen LogP contribution in [0.15, 0.2) is 109 Å². The van der Waals surface area contributed by atoms with Crippen molar-refractivity contribution < 1.29 is 18.7 Å². The molecule has 192 valence electrons. The average Bonchev–Trinajstić information content (AvgIpc) is 2.98. The summed E-state index contributed by atoms with van der Waals surface area (Å²) in [5.41, 5.74) is -2.08. The highest BCUT2D eigenvalue weighted by molar-refractivity contribution is 5.99. The summed E-state index contributed by atoms with van der Waals surface area (Å²) in [6, 6.07) is 32.3. The summed E-state index contributed by atoms with van der Waals surface area (Å²) in [7, 11) is 0. The highest BCUT2D eigenvalue weighted by atomic mass is 19.1. The van der Waals surface area contributed by atoms with Gasteiger partial charge in [0, 0.05) is 17.4 Å². The first-order valence-electron chi connectivity index (χ1n) is 12.5. The minimum absolute atomic E-state index is 0.148. The van der Waals surface area contributed by atoms with Gasteiger partial charge >= 0.3 is 0 Å². The van der Waals surface area contributed by atoms with Gasteiger partial charge in [-0.2, -0.15) is 10.5 Å². The third-order valence-corrected chi connectivity index (χ3v) is 7.89. The molecule has 0 amide bonds. The number of nitrogens with zero attached hydrogens (tertiary/aromatic N) is 2. The zero-order chi connectivity index (χ0) is 27.6. The van der Waals surface area contributed by atoms with Crippen molar-refractivity contribution in [3.63, 3.8) is 0 Å². The van der Waals surface area contributed by atoms with E-state index < -0.39 is 46.2 Å². The van der Waals surface area contributed by atoms with Gasteiger partial charge in [-0.3, -0.25) is 4.79 Å². The predicted octanol–water partition coefficient (Wildman–Crippen LogP) is 6.66. The molecule has 0 aromatic heterocycles. The van der Waals surface area contributed by atoms with E-state index >= 15 is 0 Å². The van der Waals surface area contributed by atoms with Gasteiger partial charge in [0.15, 0.2) is 11.2 Å². The van der Waals surface area contributed by atoms with Crippen molar-refractivity contribution >= 4 is 5.78 Å². The molecule has 1 saturated carbocycles. The topological polar surface area (TPSA) is 84.9 Å². The van der Waals surface area contributed by atoms with E-state index in [1.54, 1.807) is 60.7 Å². The summed E-state index contributed by atoms with van der Waals surface area (Å²) < 4.78 is 27.9. The number of halogens is 2. The van der Waals surface area contributed by atoms with Gasteiger partial charge in [0.2, 0.25) is 0 Å². The molecule has 39 heavy (non-hydrogen) atoms. The fourth-order valence-corrected chi connectivity index (χ4v) is 6.05. The Morgan fingerprint density at radius 1 is 0.744 bits per heavy atom. The molecule has 0 bridgehead atoms. The highest BCUT2D eigenvalue weighted by Gasteiger charge is 2.64. The third kappa shape index (κ3) is 4.40. The van der Waals surface area contributed by atoms with Crippen molar-refractivity contribution in [2.24, 2.45) is 11.3 Å². The predicted molar refractivity (Wildman–Crippen MR) is 141 cm³/mol. The molecule has 6 heteroatoms. The lowest BCUT2D eigenvalue weighted by Crippen LogP contribution is -2.55. The van der Waals surface area contributed by atoms with Crippen LogP contribution in [0.5, 0.6) is 0 Å². The Morgan fingerprint density at radius 2 is 1.23 bits per heavy atom. The number of carbonyl (C=O) groups excluding carboxylic acids is 1. The Morgan fingerprint density at radius 3 is 1.74 bits per heavy atom. The van der Waals surface area contributed by atoms with Gasteiger partial charge < -0.3 is 5.11 Å². The molecule has 0 unspecified atom stereocenters. The minimum atomic E-state index is -1.86. The van der Waals surface area contributed by atoms with Crippen molar-refractivity contribution in [3.05, 3.63) is 143 Å². The lowest BCUT2D eigenvalue weighted by Gasteiger charge is -2.53. The number of rotatable bonds is 5. The van der Waals surface area contributed by atoms with E-state index in [9.17, 15) is 29.2 Å². The zero-order valence-electron chi connectivity index (χ0n) is 20.8. The fraction of sp³-hybridized carbons (Fsp3) is 0.182. The van der Waals surface area contributed by atoms with Crippen LogP contribution in [0.2, 0.25) is 0 Å². The van der Waals surface area contributed by atoms with Crippen molar-refractivity contribution in [3.8, 4) is 12.1 Å². The SMILES string of the molecule is N#CC1(C#N)[C@H](c2ccc(F)cc2)[C@@H](C(=O)c2ccccc2)[C@@](O)(c2ccccc2)C[C@H]1c1ccc(F)cc1. The molecule has 1 aliphatic rings. The smallest absolute Gasteiger partial charge is 0.169 e. The lowest BCUT2D eigenvalue weighted by atomic mass is 9.48. The fourth-order valence-electron chi connectivity index (χ4n) is 6.05. The van der Waals surface area contributed by atoms with Crippen LogP contribution in [-0.4, -0.2) is 10.9 Å². The van der Waals surface area contributed by atoms with Crippen LogP contribution >= 0.6 is 0 Å². The van der Waals surface area contributed by atoms with E-state index in [0.717, 1.165) is 0 Å². The standard InChI is InChI=1S/C33H24F2N2O2/c34-26-15-11-22(12-16-26)28-19-33(39,25-9-5-2-6-10-25)30(31(38)24-7-3-1-4-8-24)29(32(28,20-36)21-37)23-13-17-27(35)18-14-23/h1-18,28-30,39H,19H2/t28-,29+,30-,33-/m0/s1. The Balaban J connectivity index is 1.85. The summed E-state index contributed by atoms with van der Waals surface area (Å²) >= 11 is 0. The molecule has 5 rings (SSSR count). The molecule has 4 atom stereocenters.